The number of methoxy groups -OCH3 is 2. The van der Waals surface area contributed by atoms with E-state index in [0.29, 0.717) is 0 Å². The van der Waals surface area contributed by atoms with Gasteiger partial charge in [0.2, 0.25) is 0 Å². The maximum absolute atomic E-state index is 5.33. The molecule has 0 aliphatic heterocycles. The van der Waals surface area contributed by atoms with Crippen molar-refractivity contribution in [3.63, 3.8) is 0 Å². The van der Waals surface area contributed by atoms with E-state index < -0.39 is 0 Å². The first-order chi connectivity index (χ1) is 10.2. The van der Waals surface area contributed by atoms with Crippen molar-refractivity contribution in [2.45, 2.75) is 25.8 Å². The van der Waals surface area contributed by atoms with Crippen LogP contribution in [0.1, 0.15) is 30.8 Å². The molecule has 2 rings (SSSR count). The molecular formula is C15H22N4O2. The van der Waals surface area contributed by atoms with Crippen molar-refractivity contribution in [1.29, 1.82) is 0 Å². The Kier molecular flexibility index (Phi) is 5.57. The maximum atomic E-state index is 5.33. The van der Waals surface area contributed by atoms with E-state index in [-0.39, 0.29) is 6.04 Å². The second kappa shape index (κ2) is 7.64. The summed E-state index contributed by atoms with van der Waals surface area (Å²) in [5.74, 6) is 2.43. The van der Waals surface area contributed by atoms with Gasteiger partial charge in [0.25, 0.3) is 0 Å². The molecule has 0 amide bonds. The van der Waals surface area contributed by atoms with Crippen LogP contribution in [0.4, 0.5) is 0 Å². The summed E-state index contributed by atoms with van der Waals surface area (Å²) in [6.45, 7) is 3.05. The lowest BCUT2D eigenvalue weighted by molar-refractivity contribution is 0.354. The Balaban J connectivity index is 1.83. The molecule has 1 aromatic heterocycles. The Bertz CT molecular complexity index is 543. The predicted octanol–water partition coefficient (Wildman–Crippen LogP) is 2.11. The number of benzene rings is 1. The first kappa shape index (κ1) is 15.3. The van der Waals surface area contributed by atoms with Gasteiger partial charge >= 0.3 is 0 Å². The van der Waals surface area contributed by atoms with Gasteiger partial charge in [-0.05, 0) is 37.6 Å². The van der Waals surface area contributed by atoms with Crippen molar-refractivity contribution in [3.05, 3.63) is 35.9 Å². The lowest BCUT2D eigenvalue weighted by atomic mass is 10.1. The van der Waals surface area contributed by atoms with Crippen LogP contribution >= 0.6 is 0 Å². The summed E-state index contributed by atoms with van der Waals surface area (Å²) in [5, 5.41) is 10.2. The fourth-order valence-electron chi connectivity index (χ4n) is 2.17. The number of aromatic nitrogens is 3. The van der Waals surface area contributed by atoms with Gasteiger partial charge in [-0.2, -0.15) is 5.10 Å². The minimum atomic E-state index is 0.250. The molecule has 0 aliphatic rings. The molecule has 6 nitrogen and oxygen atoms in total. The highest BCUT2D eigenvalue weighted by atomic mass is 16.5. The molecule has 1 heterocycles. The van der Waals surface area contributed by atoms with E-state index in [1.54, 1.807) is 14.2 Å². The number of rotatable bonds is 8. The molecule has 0 saturated carbocycles. The zero-order chi connectivity index (χ0) is 15.1. The molecule has 2 N–H and O–H groups in total. The average molecular weight is 290 g/mol. The third-order valence-electron chi connectivity index (χ3n) is 3.41. The Labute approximate surface area is 124 Å². The Morgan fingerprint density at radius 3 is 2.71 bits per heavy atom. The van der Waals surface area contributed by atoms with Crippen LogP contribution in [0.2, 0.25) is 0 Å². The first-order valence-electron chi connectivity index (χ1n) is 7.04. The van der Waals surface area contributed by atoms with Crippen molar-refractivity contribution in [2.75, 3.05) is 20.8 Å². The standard InChI is InChI=1S/C15H22N4O2/c1-11(16-8-4-5-15-17-10-18-19-15)12-6-7-13(20-2)14(9-12)21-3/h6-7,9-11,16H,4-5,8H2,1-3H3,(H,17,18,19). The number of hydrogen-bond donors (Lipinski definition) is 2. The summed E-state index contributed by atoms with van der Waals surface area (Å²) in [4.78, 5) is 4.11. The highest BCUT2D eigenvalue weighted by Crippen LogP contribution is 2.29. The molecule has 2 aromatic rings. The number of nitrogens with one attached hydrogen (secondary N) is 2. The monoisotopic (exact) mass is 290 g/mol. The van der Waals surface area contributed by atoms with Gasteiger partial charge in [0.1, 0.15) is 12.2 Å². The zero-order valence-electron chi connectivity index (χ0n) is 12.7. The summed E-state index contributed by atoms with van der Waals surface area (Å²) in [6.07, 6.45) is 3.44. The molecule has 0 spiro atoms. The Hall–Kier alpha value is -2.08. The van der Waals surface area contributed by atoms with Gasteiger partial charge in [-0.3, -0.25) is 5.10 Å². The van der Waals surface area contributed by atoms with Crippen LogP contribution in [0.5, 0.6) is 11.5 Å². The lowest BCUT2D eigenvalue weighted by Crippen LogP contribution is -2.20. The molecule has 0 radical (unpaired) electrons. The van der Waals surface area contributed by atoms with Crippen LogP contribution in [-0.2, 0) is 6.42 Å². The molecule has 0 bridgehead atoms. The molecule has 0 saturated heterocycles. The molecule has 114 valence electrons. The van der Waals surface area contributed by atoms with Crippen molar-refractivity contribution >= 4 is 0 Å². The van der Waals surface area contributed by atoms with Crippen LogP contribution in [0.3, 0.4) is 0 Å². The van der Waals surface area contributed by atoms with Gasteiger partial charge in [0.05, 0.1) is 14.2 Å². The molecule has 1 unspecified atom stereocenters. The molecule has 0 aliphatic carbocycles. The van der Waals surface area contributed by atoms with Crippen LogP contribution in [0.25, 0.3) is 0 Å². The minimum Gasteiger partial charge on any atom is -0.493 e. The summed E-state index contributed by atoms with van der Waals surface area (Å²) in [5.41, 5.74) is 1.17. The molecule has 1 aromatic carbocycles. The van der Waals surface area contributed by atoms with Crippen LogP contribution in [0, 0.1) is 0 Å². The highest BCUT2D eigenvalue weighted by molar-refractivity contribution is 5.43. The van der Waals surface area contributed by atoms with Gasteiger partial charge in [0, 0.05) is 12.5 Å². The predicted molar refractivity (Wildman–Crippen MR) is 80.7 cm³/mol. The molecule has 6 heteroatoms. The second-order valence-corrected chi connectivity index (χ2v) is 4.83. The fraction of sp³-hybridized carbons (Fsp3) is 0.467. The van der Waals surface area contributed by atoms with E-state index >= 15 is 0 Å². The van der Waals surface area contributed by atoms with E-state index in [0.717, 1.165) is 36.7 Å². The van der Waals surface area contributed by atoms with E-state index in [9.17, 15) is 0 Å². The zero-order valence-corrected chi connectivity index (χ0v) is 12.7. The van der Waals surface area contributed by atoms with Gasteiger partial charge in [0.15, 0.2) is 11.5 Å². The summed E-state index contributed by atoms with van der Waals surface area (Å²) in [7, 11) is 3.29. The van der Waals surface area contributed by atoms with Crippen molar-refractivity contribution < 1.29 is 9.47 Å². The first-order valence-corrected chi connectivity index (χ1v) is 7.04. The summed E-state index contributed by atoms with van der Waals surface area (Å²) in [6, 6.07) is 6.24. The van der Waals surface area contributed by atoms with Gasteiger partial charge in [-0.1, -0.05) is 6.07 Å². The fourth-order valence-corrected chi connectivity index (χ4v) is 2.17. The third-order valence-corrected chi connectivity index (χ3v) is 3.41. The van der Waals surface area contributed by atoms with Crippen LogP contribution in [-0.4, -0.2) is 35.9 Å². The van der Waals surface area contributed by atoms with Crippen LogP contribution in [0.15, 0.2) is 24.5 Å². The number of aromatic amines is 1. The molecule has 21 heavy (non-hydrogen) atoms. The summed E-state index contributed by atoms with van der Waals surface area (Å²) >= 11 is 0. The Morgan fingerprint density at radius 1 is 1.24 bits per heavy atom. The smallest absolute Gasteiger partial charge is 0.161 e. The van der Waals surface area contributed by atoms with Crippen molar-refractivity contribution in [3.8, 4) is 11.5 Å². The second-order valence-electron chi connectivity index (χ2n) is 4.83. The maximum Gasteiger partial charge on any atom is 0.161 e. The number of H-pyrrole nitrogens is 1. The van der Waals surface area contributed by atoms with E-state index in [2.05, 4.69) is 33.5 Å². The normalized spacial score (nSPS) is 12.1. The lowest BCUT2D eigenvalue weighted by Gasteiger charge is -2.16. The number of nitrogens with zero attached hydrogens (tertiary/aromatic N) is 2. The van der Waals surface area contributed by atoms with Crippen molar-refractivity contribution in [1.82, 2.24) is 20.5 Å². The number of aryl methyl sites for hydroxylation is 1. The molecule has 1 atom stereocenters. The van der Waals surface area contributed by atoms with E-state index in [1.807, 2.05) is 12.1 Å². The van der Waals surface area contributed by atoms with Crippen LogP contribution < -0.4 is 14.8 Å². The SMILES string of the molecule is COc1ccc(C(C)NCCCc2ncn[nH]2)cc1OC. The molecular weight excluding hydrogens is 268 g/mol. The summed E-state index contributed by atoms with van der Waals surface area (Å²) < 4.78 is 10.6. The van der Waals surface area contributed by atoms with E-state index in [1.165, 1.54) is 11.9 Å². The van der Waals surface area contributed by atoms with Crippen molar-refractivity contribution in [2.24, 2.45) is 0 Å². The Morgan fingerprint density at radius 2 is 2.05 bits per heavy atom. The minimum absolute atomic E-state index is 0.250. The highest BCUT2D eigenvalue weighted by Gasteiger charge is 2.09. The average Bonchev–Trinajstić information content (AvgIpc) is 3.04. The molecule has 0 fully saturated rings. The van der Waals surface area contributed by atoms with Gasteiger partial charge < -0.3 is 14.8 Å². The number of ether oxygens (including phenoxy) is 2. The number of hydrogen-bond acceptors (Lipinski definition) is 5. The quantitative estimate of drug-likeness (QED) is 0.729. The third kappa shape index (κ3) is 4.19. The van der Waals surface area contributed by atoms with Gasteiger partial charge in [-0.25, -0.2) is 4.98 Å². The largest absolute Gasteiger partial charge is 0.493 e. The van der Waals surface area contributed by atoms with E-state index in [4.69, 9.17) is 9.47 Å². The topological polar surface area (TPSA) is 72.1 Å². The van der Waals surface area contributed by atoms with Gasteiger partial charge in [-0.15, -0.1) is 0 Å².